The van der Waals surface area contributed by atoms with Gasteiger partial charge in [0, 0.05) is 25.2 Å². The molecule has 1 aliphatic heterocycles. The number of likely N-dealkylation sites (tertiary alicyclic amines) is 1. The maximum atomic E-state index is 12.2. The number of hydrogen-bond acceptors (Lipinski definition) is 4. The van der Waals surface area contributed by atoms with Gasteiger partial charge in [0.15, 0.2) is 0 Å². The monoisotopic (exact) mass is 338 g/mol. The van der Waals surface area contributed by atoms with Crippen LogP contribution in [0.15, 0.2) is 16.8 Å². The van der Waals surface area contributed by atoms with E-state index in [0.717, 1.165) is 38.8 Å². The van der Waals surface area contributed by atoms with E-state index in [-0.39, 0.29) is 6.09 Å². The van der Waals surface area contributed by atoms with E-state index in [9.17, 15) is 4.79 Å². The highest BCUT2D eigenvalue weighted by Gasteiger charge is 2.25. The van der Waals surface area contributed by atoms with Gasteiger partial charge >= 0.3 is 6.09 Å². The summed E-state index contributed by atoms with van der Waals surface area (Å²) in [6, 6.07) is 3.14. The molecule has 2 atom stereocenters. The number of nitrogens with zero attached hydrogens (tertiary/aromatic N) is 1. The third kappa shape index (κ3) is 6.51. The molecule has 1 aromatic heterocycles. The van der Waals surface area contributed by atoms with Crippen molar-refractivity contribution in [2.75, 3.05) is 13.1 Å². The summed E-state index contributed by atoms with van der Waals surface area (Å²) >= 11 is 1.75. The fourth-order valence-electron chi connectivity index (χ4n) is 3.00. The largest absolute Gasteiger partial charge is 0.444 e. The van der Waals surface area contributed by atoms with Crippen molar-refractivity contribution in [2.45, 2.75) is 71.1 Å². The van der Waals surface area contributed by atoms with Gasteiger partial charge in [-0.05, 0) is 75.8 Å². The second kappa shape index (κ2) is 8.15. The Balaban J connectivity index is 1.78. The summed E-state index contributed by atoms with van der Waals surface area (Å²) in [5.74, 6) is 0. The van der Waals surface area contributed by atoms with E-state index in [1.165, 1.54) is 5.56 Å². The molecule has 1 aliphatic rings. The van der Waals surface area contributed by atoms with Crippen molar-refractivity contribution in [1.29, 1.82) is 0 Å². The van der Waals surface area contributed by atoms with Crippen molar-refractivity contribution in [3.8, 4) is 0 Å². The Labute approximate surface area is 144 Å². The fourth-order valence-corrected chi connectivity index (χ4v) is 3.68. The van der Waals surface area contributed by atoms with Crippen molar-refractivity contribution in [2.24, 2.45) is 0 Å². The molecule has 0 spiro atoms. The lowest BCUT2D eigenvalue weighted by Crippen LogP contribution is -2.40. The molecule has 0 aromatic carbocycles. The first-order chi connectivity index (χ1) is 10.8. The van der Waals surface area contributed by atoms with Gasteiger partial charge in [-0.3, -0.25) is 0 Å². The molecule has 1 N–H and O–H groups in total. The van der Waals surface area contributed by atoms with Crippen LogP contribution in [-0.2, 0) is 11.2 Å². The zero-order valence-electron chi connectivity index (χ0n) is 14.8. The lowest BCUT2D eigenvalue weighted by molar-refractivity contribution is 0.0256. The third-order valence-electron chi connectivity index (χ3n) is 4.02. The van der Waals surface area contributed by atoms with Gasteiger partial charge in [-0.15, -0.1) is 0 Å². The van der Waals surface area contributed by atoms with Gasteiger partial charge in [-0.1, -0.05) is 0 Å². The Morgan fingerprint density at radius 3 is 2.87 bits per heavy atom. The number of amides is 1. The first-order valence-electron chi connectivity index (χ1n) is 8.58. The van der Waals surface area contributed by atoms with Gasteiger partial charge in [-0.25, -0.2) is 4.79 Å². The van der Waals surface area contributed by atoms with Gasteiger partial charge in [0.2, 0.25) is 0 Å². The molecule has 2 rings (SSSR count). The van der Waals surface area contributed by atoms with Crippen molar-refractivity contribution in [3.63, 3.8) is 0 Å². The van der Waals surface area contributed by atoms with Crippen LogP contribution in [-0.4, -0.2) is 41.8 Å². The molecule has 1 fully saturated rings. The van der Waals surface area contributed by atoms with Crippen LogP contribution >= 0.6 is 11.3 Å². The van der Waals surface area contributed by atoms with Crippen LogP contribution in [0.3, 0.4) is 0 Å². The van der Waals surface area contributed by atoms with E-state index in [4.69, 9.17) is 4.74 Å². The molecule has 130 valence electrons. The molecule has 2 heterocycles. The Kier molecular flexibility index (Phi) is 6.48. The summed E-state index contributed by atoms with van der Waals surface area (Å²) in [5, 5.41) is 8.08. The summed E-state index contributed by atoms with van der Waals surface area (Å²) in [6.45, 7) is 9.57. The average molecular weight is 339 g/mol. The summed E-state index contributed by atoms with van der Waals surface area (Å²) in [7, 11) is 0. The molecule has 0 bridgehead atoms. The van der Waals surface area contributed by atoms with Crippen LogP contribution in [0.4, 0.5) is 4.79 Å². The van der Waals surface area contributed by atoms with Crippen molar-refractivity contribution in [3.05, 3.63) is 22.4 Å². The highest BCUT2D eigenvalue weighted by atomic mass is 32.1. The molecule has 0 aliphatic carbocycles. The molecule has 4 nitrogen and oxygen atoms in total. The number of rotatable bonds is 4. The normalized spacial score (nSPS) is 20.9. The highest BCUT2D eigenvalue weighted by Crippen LogP contribution is 2.17. The number of nitrogens with one attached hydrogen (secondary N) is 1. The number of thiophene rings is 1. The highest BCUT2D eigenvalue weighted by molar-refractivity contribution is 7.07. The van der Waals surface area contributed by atoms with E-state index in [0.29, 0.717) is 12.1 Å². The van der Waals surface area contributed by atoms with Crippen molar-refractivity contribution < 1.29 is 9.53 Å². The second-order valence-corrected chi connectivity index (χ2v) is 8.28. The smallest absolute Gasteiger partial charge is 0.410 e. The van der Waals surface area contributed by atoms with Crippen LogP contribution in [0.2, 0.25) is 0 Å². The number of carbonyl (C=O) groups is 1. The molecule has 1 aromatic rings. The molecular formula is C18H30N2O2S. The van der Waals surface area contributed by atoms with E-state index >= 15 is 0 Å². The molecule has 23 heavy (non-hydrogen) atoms. The molecule has 5 heteroatoms. The number of carbonyl (C=O) groups excluding carboxylic acids is 1. The SMILES string of the molecule is CC(Cc1ccsc1)NC1CCCN(C(=O)OC(C)(C)C)CC1. The van der Waals surface area contributed by atoms with Crippen LogP contribution in [0.1, 0.15) is 52.5 Å². The van der Waals surface area contributed by atoms with Crippen LogP contribution in [0.5, 0.6) is 0 Å². The molecule has 1 amide bonds. The van der Waals surface area contributed by atoms with E-state index < -0.39 is 5.60 Å². The Hall–Kier alpha value is -1.07. The third-order valence-corrected chi connectivity index (χ3v) is 4.75. The summed E-state index contributed by atoms with van der Waals surface area (Å²) < 4.78 is 5.49. The molecule has 0 radical (unpaired) electrons. The van der Waals surface area contributed by atoms with Gasteiger partial charge in [-0.2, -0.15) is 11.3 Å². The average Bonchev–Trinajstić information content (AvgIpc) is 2.81. The predicted molar refractivity (Wildman–Crippen MR) is 96.1 cm³/mol. The van der Waals surface area contributed by atoms with Gasteiger partial charge in [0.1, 0.15) is 5.60 Å². The minimum Gasteiger partial charge on any atom is -0.444 e. The van der Waals surface area contributed by atoms with E-state index in [2.05, 4.69) is 29.1 Å². The Morgan fingerprint density at radius 2 is 2.22 bits per heavy atom. The van der Waals surface area contributed by atoms with Crippen molar-refractivity contribution in [1.82, 2.24) is 10.2 Å². The minimum absolute atomic E-state index is 0.176. The predicted octanol–water partition coefficient (Wildman–Crippen LogP) is 4.06. The lowest BCUT2D eigenvalue weighted by atomic mass is 10.1. The summed E-state index contributed by atoms with van der Waals surface area (Å²) in [4.78, 5) is 14.0. The van der Waals surface area contributed by atoms with Crippen LogP contribution < -0.4 is 5.32 Å². The summed E-state index contributed by atoms with van der Waals surface area (Å²) in [6.07, 6.45) is 4.03. The van der Waals surface area contributed by atoms with Crippen LogP contribution in [0, 0.1) is 0 Å². The lowest BCUT2D eigenvalue weighted by Gasteiger charge is -2.26. The quantitative estimate of drug-likeness (QED) is 0.900. The van der Waals surface area contributed by atoms with E-state index in [1.54, 1.807) is 11.3 Å². The first kappa shape index (κ1) is 18.3. The Morgan fingerprint density at radius 1 is 1.43 bits per heavy atom. The first-order valence-corrected chi connectivity index (χ1v) is 9.53. The van der Waals surface area contributed by atoms with Crippen molar-refractivity contribution >= 4 is 17.4 Å². The number of ether oxygens (including phenoxy) is 1. The van der Waals surface area contributed by atoms with E-state index in [1.807, 2.05) is 25.7 Å². The molecule has 1 saturated heterocycles. The zero-order chi connectivity index (χ0) is 16.9. The molecular weight excluding hydrogens is 308 g/mol. The summed E-state index contributed by atoms with van der Waals surface area (Å²) in [5.41, 5.74) is 0.981. The molecule has 2 unspecified atom stereocenters. The minimum atomic E-state index is -0.421. The Bertz CT molecular complexity index is 482. The maximum Gasteiger partial charge on any atom is 0.410 e. The number of hydrogen-bond donors (Lipinski definition) is 1. The van der Waals surface area contributed by atoms with Gasteiger partial charge < -0.3 is 15.0 Å². The topological polar surface area (TPSA) is 41.6 Å². The zero-order valence-corrected chi connectivity index (χ0v) is 15.6. The maximum absolute atomic E-state index is 12.2. The van der Waals surface area contributed by atoms with Gasteiger partial charge in [0.05, 0.1) is 0 Å². The van der Waals surface area contributed by atoms with Gasteiger partial charge in [0.25, 0.3) is 0 Å². The fraction of sp³-hybridized carbons (Fsp3) is 0.722. The standard InChI is InChI=1S/C18H30N2O2S/c1-14(12-15-8-11-23-13-15)19-16-6-5-9-20(10-7-16)17(21)22-18(2,3)4/h8,11,13-14,16,19H,5-7,9-10,12H2,1-4H3. The molecule has 0 saturated carbocycles. The van der Waals surface area contributed by atoms with Crippen LogP contribution in [0.25, 0.3) is 0 Å². The second-order valence-electron chi connectivity index (χ2n) is 7.50.